The number of carbonyl (C=O) groups excluding carboxylic acids is 1. The van der Waals surface area contributed by atoms with Crippen molar-refractivity contribution in [1.82, 2.24) is 10.6 Å². The molecule has 1 aliphatic heterocycles. The molecule has 0 bridgehead atoms. The molecule has 4 nitrogen and oxygen atoms in total. The van der Waals surface area contributed by atoms with Crippen LogP contribution in [-0.4, -0.2) is 38.3 Å². The molecule has 4 heteroatoms. The Morgan fingerprint density at radius 2 is 2.33 bits per heavy atom. The monoisotopic (exact) mass is 214 g/mol. The number of carbonyl (C=O) groups is 1. The average Bonchev–Trinajstić information content (AvgIpc) is 2.27. The van der Waals surface area contributed by atoms with Crippen LogP contribution < -0.4 is 10.6 Å². The van der Waals surface area contributed by atoms with Crippen LogP contribution in [0.2, 0.25) is 0 Å². The predicted molar refractivity (Wildman–Crippen MR) is 59.7 cm³/mol. The fourth-order valence-corrected chi connectivity index (χ4v) is 1.59. The van der Waals surface area contributed by atoms with Crippen LogP contribution in [0.4, 0.5) is 0 Å². The number of hydrogen-bond acceptors (Lipinski definition) is 3. The van der Waals surface area contributed by atoms with Crippen molar-refractivity contribution in [2.45, 2.75) is 32.3 Å². The van der Waals surface area contributed by atoms with Crippen LogP contribution in [0.3, 0.4) is 0 Å². The number of methoxy groups -OCH3 is 1. The van der Waals surface area contributed by atoms with E-state index in [1.54, 1.807) is 7.11 Å². The van der Waals surface area contributed by atoms with Crippen molar-refractivity contribution in [3.8, 4) is 0 Å². The third-order valence-corrected chi connectivity index (χ3v) is 2.91. The first-order chi connectivity index (χ1) is 7.05. The van der Waals surface area contributed by atoms with E-state index in [0.29, 0.717) is 6.54 Å². The molecule has 0 radical (unpaired) electrons. The van der Waals surface area contributed by atoms with Crippen LogP contribution in [0.5, 0.6) is 0 Å². The fraction of sp³-hybridized carbons (Fsp3) is 0.909. The fourth-order valence-electron chi connectivity index (χ4n) is 1.59. The van der Waals surface area contributed by atoms with Gasteiger partial charge in [-0.15, -0.1) is 0 Å². The van der Waals surface area contributed by atoms with E-state index in [1.165, 1.54) is 0 Å². The second-order valence-electron chi connectivity index (χ2n) is 4.72. The third kappa shape index (κ3) is 4.18. The normalized spacial score (nSPS) is 22.5. The van der Waals surface area contributed by atoms with E-state index in [9.17, 15) is 4.79 Å². The minimum Gasteiger partial charge on any atom is -0.377 e. The zero-order chi connectivity index (χ0) is 11.3. The van der Waals surface area contributed by atoms with E-state index in [2.05, 4.69) is 10.6 Å². The van der Waals surface area contributed by atoms with E-state index in [-0.39, 0.29) is 17.4 Å². The van der Waals surface area contributed by atoms with E-state index in [1.807, 2.05) is 13.8 Å². The maximum atomic E-state index is 11.8. The van der Waals surface area contributed by atoms with E-state index >= 15 is 0 Å². The molecule has 0 spiro atoms. The third-order valence-electron chi connectivity index (χ3n) is 2.91. The van der Waals surface area contributed by atoms with Gasteiger partial charge in [0.15, 0.2) is 0 Å². The Morgan fingerprint density at radius 3 is 2.87 bits per heavy atom. The van der Waals surface area contributed by atoms with E-state index in [0.717, 1.165) is 25.9 Å². The van der Waals surface area contributed by atoms with Gasteiger partial charge in [-0.3, -0.25) is 4.79 Å². The summed E-state index contributed by atoms with van der Waals surface area (Å²) in [6.45, 7) is 6.34. The molecule has 1 rings (SSSR count). The second-order valence-corrected chi connectivity index (χ2v) is 4.72. The highest BCUT2D eigenvalue weighted by atomic mass is 16.5. The molecule has 0 aliphatic carbocycles. The summed E-state index contributed by atoms with van der Waals surface area (Å²) in [5.74, 6) is 0.277. The van der Waals surface area contributed by atoms with Gasteiger partial charge in [0.05, 0.1) is 11.5 Å². The van der Waals surface area contributed by atoms with E-state index < -0.39 is 0 Å². The molecule has 1 fully saturated rings. The molecule has 1 amide bonds. The Balaban J connectivity index is 2.28. The van der Waals surface area contributed by atoms with Crippen LogP contribution in [-0.2, 0) is 9.53 Å². The van der Waals surface area contributed by atoms with Crippen molar-refractivity contribution in [2.24, 2.45) is 5.92 Å². The molecule has 1 saturated heterocycles. The van der Waals surface area contributed by atoms with Gasteiger partial charge in [-0.25, -0.2) is 0 Å². The van der Waals surface area contributed by atoms with Gasteiger partial charge < -0.3 is 15.4 Å². The van der Waals surface area contributed by atoms with Crippen molar-refractivity contribution >= 4 is 5.91 Å². The standard InChI is InChI=1S/C11H22N2O2/c1-11(2,15-3)8-13-10(14)9-5-4-6-12-7-9/h9,12H,4-8H2,1-3H3,(H,13,14). The summed E-state index contributed by atoms with van der Waals surface area (Å²) in [6.07, 6.45) is 2.08. The zero-order valence-electron chi connectivity index (χ0n) is 9.93. The van der Waals surface area contributed by atoms with Gasteiger partial charge in [0.2, 0.25) is 5.91 Å². The first-order valence-corrected chi connectivity index (χ1v) is 5.59. The predicted octanol–water partition coefficient (Wildman–Crippen LogP) is 0.527. The minimum atomic E-state index is -0.280. The van der Waals surface area contributed by atoms with E-state index in [4.69, 9.17) is 4.74 Å². The molecule has 0 aromatic carbocycles. The van der Waals surface area contributed by atoms with Gasteiger partial charge in [-0.05, 0) is 33.2 Å². The molecule has 1 heterocycles. The Kier molecular flexibility index (Phi) is 4.54. The smallest absolute Gasteiger partial charge is 0.224 e. The number of piperidine rings is 1. The number of nitrogens with one attached hydrogen (secondary N) is 2. The molecular formula is C11H22N2O2. The van der Waals surface area contributed by atoms with Crippen molar-refractivity contribution in [1.29, 1.82) is 0 Å². The molecule has 0 aromatic heterocycles. The zero-order valence-corrected chi connectivity index (χ0v) is 9.93. The quantitative estimate of drug-likeness (QED) is 0.717. The lowest BCUT2D eigenvalue weighted by Crippen LogP contribution is -2.45. The Morgan fingerprint density at radius 1 is 1.60 bits per heavy atom. The maximum Gasteiger partial charge on any atom is 0.224 e. The highest BCUT2D eigenvalue weighted by Gasteiger charge is 2.23. The van der Waals surface area contributed by atoms with Crippen molar-refractivity contribution in [2.75, 3.05) is 26.7 Å². The first kappa shape index (κ1) is 12.5. The minimum absolute atomic E-state index is 0.131. The lowest BCUT2D eigenvalue weighted by molar-refractivity contribution is -0.126. The lowest BCUT2D eigenvalue weighted by atomic mass is 9.98. The average molecular weight is 214 g/mol. The van der Waals surface area contributed by atoms with Gasteiger partial charge in [0, 0.05) is 20.2 Å². The molecule has 0 saturated carbocycles. The van der Waals surface area contributed by atoms with Crippen LogP contribution in [0.15, 0.2) is 0 Å². The van der Waals surface area contributed by atoms with Gasteiger partial charge in [0.25, 0.3) is 0 Å². The van der Waals surface area contributed by atoms with Crippen LogP contribution in [0.25, 0.3) is 0 Å². The first-order valence-electron chi connectivity index (χ1n) is 5.59. The molecule has 1 atom stereocenters. The topological polar surface area (TPSA) is 50.4 Å². The van der Waals surface area contributed by atoms with Crippen LogP contribution in [0.1, 0.15) is 26.7 Å². The van der Waals surface area contributed by atoms with Crippen molar-refractivity contribution in [3.05, 3.63) is 0 Å². The summed E-state index contributed by atoms with van der Waals surface area (Å²) in [5.41, 5.74) is -0.280. The summed E-state index contributed by atoms with van der Waals surface area (Å²) in [5, 5.41) is 6.17. The van der Waals surface area contributed by atoms with Crippen LogP contribution in [0, 0.1) is 5.92 Å². The summed E-state index contributed by atoms with van der Waals surface area (Å²) in [4.78, 5) is 11.8. The maximum absolute atomic E-state index is 11.8. The second kappa shape index (κ2) is 5.47. The summed E-state index contributed by atoms with van der Waals surface area (Å²) >= 11 is 0. The Hall–Kier alpha value is -0.610. The van der Waals surface area contributed by atoms with Crippen molar-refractivity contribution < 1.29 is 9.53 Å². The van der Waals surface area contributed by atoms with Crippen LogP contribution >= 0.6 is 0 Å². The van der Waals surface area contributed by atoms with Gasteiger partial charge in [0.1, 0.15) is 0 Å². The van der Waals surface area contributed by atoms with Crippen molar-refractivity contribution in [3.63, 3.8) is 0 Å². The summed E-state index contributed by atoms with van der Waals surface area (Å²) in [6, 6.07) is 0. The van der Waals surface area contributed by atoms with Gasteiger partial charge in [-0.1, -0.05) is 0 Å². The summed E-state index contributed by atoms with van der Waals surface area (Å²) < 4.78 is 5.25. The summed E-state index contributed by atoms with van der Waals surface area (Å²) in [7, 11) is 1.66. The molecule has 2 N–H and O–H groups in total. The largest absolute Gasteiger partial charge is 0.377 e. The lowest BCUT2D eigenvalue weighted by Gasteiger charge is -2.26. The molecular weight excluding hydrogens is 192 g/mol. The molecule has 0 aromatic rings. The number of rotatable bonds is 4. The molecule has 1 aliphatic rings. The highest BCUT2D eigenvalue weighted by molar-refractivity contribution is 5.79. The van der Waals surface area contributed by atoms with Gasteiger partial charge in [-0.2, -0.15) is 0 Å². The number of amides is 1. The molecule has 88 valence electrons. The SMILES string of the molecule is COC(C)(C)CNC(=O)C1CCCNC1. The number of ether oxygens (including phenoxy) is 1. The Labute approximate surface area is 91.8 Å². The molecule has 15 heavy (non-hydrogen) atoms. The highest BCUT2D eigenvalue weighted by Crippen LogP contribution is 2.11. The Bertz CT molecular complexity index is 211. The number of hydrogen-bond donors (Lipinski definition) is 2. The van der Waals surface area contributed by atoms with Gasteiger partial charge >= 0.3 is 0 Å². The molecule has 1 unspecified atom stereocenters.